The molecule has 0 atom stereocenters. The average molecular weight is 216 g/mol. The van der Waals surface area contributed by atoms with E-state index in [-0.39, 0.29) is 0 Å². The minimum atomic E-state index is 0.392. The smallest absolute Gasteiger partial charge is 0.0518 e. The number of rotatable bonds is 6. The van der Waals surface area contributed by atoms with Crippen molar-refractivity contribution in [1.29, 1.82) is 0 Å². The molecule has 0 aromatic rings. The van der Waals surface area contributed by atoms with Crippen molar-refractivity contribution in [1.82, 2.24) is 0 Å². The van der Waals surface area contributed by atoms with Gasteiger partial charge < -0.3 is 4.74 Å². The third-order valence-electron chi connectivity index (χ3n) is 2.54. The fraction of sp³-hybridized carbons (Fsp3) is 1.00. The molecular weight excluding hydrogens is 184 g/mol. The van der Waals surface area contributed by atoms with Crippen LogP contribution in [-0.4, -0.2) is 12.7 Å². The summed E-state index contributed by atoms with van der Waals surface area (Å²) >= 11 is 0. The Morgan fingerprint density at radius 3 is 1.53 bits per heavy atom. The topological polar surface area (TPSA) is 9.23 Å². The van der Waals surface area contributed by atoms with Gasteiger partial charge in [0.15, 0.2) is 0 Å². The Morgan fingerprint density at radius 2 is 1.33 bits per heavy atom. The van der Waals surface area contributed by atoms with Crippen LogP contribution in [0.25, 0.3) is 0 Å². The molecular formula is C14H32O. The van der Waals surface area contributed by atoms with E-state index < -0.39 is 0 Å². The lowest BCUT2D eigenvalue weighted by atomic mass is 10.1. The molecule has 0 fully saturated rings. The molecule has 1 nitrogen and oxygen atoms in total. The third-order valence-corrected chi connectivity index (χ3v) is 2.54. The van der Waals surface area contributed by atoms with Crippen LogP contribution in [0.1, 0.15) is 67.7 Å². The van der Waals surface area contributed by atoms with E-state index >= 15 is 0 Å². The van der Waals surface area contributed by atoms with Gasteiger partial charge in [0.2, 0.25) is 0 Å². The highest BCUT2D eigenvalue weighted by Gasteiger charge is 1.95. The summed E-state index contributed by atoms with van der Waals surface area (Å²) in [6.45, 7) is 16.2. The quantitative estimate of drug-likeness (QED) is 0.613. The van der Waals surface area contributed by atoms with Crippen molar-refractivity contribution >= 4 is 0 Å². The van der Waals surface area contributed by atoms with Crippen LogP contribution in [0.15, 0.2) is 0 Å². The summed E-state index contributed by atoms with van der Waals surface area (Å²) in [5.41, 5.74) is 0. The first-order chi connectivity index (χ1) is 6.93. The molecule has 0 saturated heterocycles. The Kier molecular flexibility index (Phi) is 13.9. The molecule has 1 heteroatoms. The van der Waals surface area contributed by atoms with E-state index in [1.807, 2.05) is 0 Å². The summed E-state index contributed by atoms with van der Waals surface area (Å²) in [5, 5.41) is 0. The van der Waals surface area contributed by atoms with Gasteiger partial charge in [-0.3, -0.25) is 0 Å². The molecule has 0 heterocycles. The molecule has 15 heavy (non-hydrogen) atoms. The highest BCUT2D eigenvalue weighted by molar-refractivity contribution is 4.44. The van der Waals surface area contributed by atoms with Gasteiger partial charge in [0.05, 0.1) is 6.10 Å². The molecule has 0 aromatic heterocycles. The zero-order valence-corrected chi connectivity index (χ0v) is 12.0. The molecule has 0 amide bonds. The third kappa shape index (κ3) is 20.1. The van der Waals surface area contributed by atoms with E-state index in [0.29, 0.717) is 6.10 Å². The maximum Gasteiger partial charge on any atom is 0.0518 e. The van der Waals surface area contributed by atoms with E-state index in [4.69, 9.17) is 4.74 Å². The predicted octanol–water partition coefficient (Wildman–Crippen LogP) is 4.90. The first-order valence-electron chi connectivity index (χ1n) is 6.55. The van der Waals surface area contributed by atoms with Crippen molar-refractivity contribution < 1.29 is 4.74 Å². The van der Waals surface area contributed by atoms with Crippen LogP contribution in [0, 0.1) is 11.8 Å². The lowest BCUT2D eigenvalue weighted by Crippen LogP contribution is -2.05. The Hall–Kier alpha value is -0.0400. The SMILES string of the molecule is CC(C)CCOC(C)C.CCC(C)CC. The van der Waals surface area contributed by atoms with Crippen LogP contribution in [0.5, 0.6) is 0 Å². The molecule has 0 radical (unpaired) electrons. The van der Waals surface area contributed by atoms with E-state index in [9.17, 15) is 0 Å². The molecule has 0 unspecified atom stereocenters. The van der Waals surface area contributed by atoms with Crippen molar-refractivity contribution in [2.24, 2.45) is 11.8 Å². The lowest BCUT2D eigenvalue weighted by molar-refractivity contribution is 0.0710. The molecule has 0 aromatic carbocycles. The van der Waals surface area contributed by atoms with Crippen LogP contribution >= 0.6 is 0 Å². The van der Waals surface area contributed by atoms with Gasteiger partial charge in [0, 0.05) is 6.61 Å². The summed E-state index contributed by atoms with van der Waals surface area (Å²) in [6.07, 6.45) is 4.23. The maximum absolute atomic E-state index is 5.35. The minimum Gasteiger partial charge on any atom is -0.379 e. The van der Waals surface area contributed by atoms with Gasteiger partial charge in [-0.05, 0) is 32.1 Å². The highest BCUT2D eigenvalue weighted by Crippen LogP contribution is 2.02. The van der Waals surface area contributed by atoms with Gasteiger partial charge in [-0.15, -0.1) is 0 Å². The average Bonchev–Trinajstić information content (AvgIpc) is 2.16. The second-order valence-corrected chi connectivity index (χ2v) is 5.02. The van der Waals surface area contributed by atoms with Crippen molar-refractivity contribution in [3.63, 3.8) is 0 Å². The lowest BCUT2D eigenvalue weighted by Gasteiger charge is -2.08. The summed E-state index contributed by atoms with van der Waals surface area (Å²) in [4.78, 5) is 0. The Bertz CT molecular complexity index is 95.9. The second kappa shape index (κ2) is 12.0. The summed E-state index contributed by atoms with van der Waals surface area (Å²) < 4.78 is 5.35. The van der Waals surface area contributed by atoms with Gasteiger partial charge in [0.25, 0.3) is 0 Å². The number of hydrogen-bond donors (Lipinski definition) is 0. The van der Waals surface area contributed by atoms with Gasteiger partial charge in [0.1, 0.15) is 0 Å². The van der Waals surface area contributed by atoms with Gasteiger partial charge in [-0.25, -0.2) is 0 Å². The van der Waals surface area contributed by atoms with Crippen LogP contribution in [0.2, 0.25) is 0 Å². The Morgan fingerprint density at radius 1 is 0.867 bits per heavy atom. The predicted molar refractivity (Wildman–Crippen MR) is 70.3 cm³/mol. The summed E-state index contributed by atoms with van der Waals surface area (Å²) in [6, 6.07) is 0. The monoisotopic (exact) mass is 216 g/mol. The molecule has 0 bridgehead atoms. The molecule has 0 spiro atoms. The van der Waals surface area contributed by atoms with Crippen molar-refractivity contribution in [2.75, 3.05) is 6.61 Å². The fourth-order valence-electron chi connectivity index (χ4n) is 0.828. The van der Waals surface area contributed by atoms with Crippen molar-refractivity contribution in [3.8, 4) is 0 Å². The van der Waals surface area contributed by atoms with E-state index in [1.54, 1.807) is 0 Å². The standard InChI is InChI=1S/C8H18O.C6H14/c1-7(2)5-6-9-8(3)4;1-4-6(3)5-2/h7-8H,5-6H2,1-4H3;6H,4-5H2,1-3H3. The maximum atomic E-state index is 5.35. The zero-order chi connectivity index (χ0) is 12.3. The van der Waals surface area contributed by atoms with Gasteiger partial charge >= 0.3 is 0 Å². The van der Waals surface area contributed by atoms with Crippen molar-refractivity contribution in [2.45, 2.75) is 73.8 Å². The summed E-state index contributed by atoms with van der Waals surface area (Å²) in [7, 11) is 0. The Labute approximate surface area is 97.6 Å². The molecule has 0 saturated carbocycles. The minimum absolute atomic E-state index is 0.392. The van der Waals surface area contributed by atoms with Crippen LogP contribution < -0.4 is 0 Å². The van der Waals surface area contributed by atoms with E-state index in [0.717, 1.165) is 18.4 Å². The molecule has 94 valence electrons. The first-order valence-corrected chi connectivity index (χ1v) is 6.55. The largest absolute Gasteiger partial charge is 0.379 e. The van der Waals surface area contributed by atoms with Gasteiger partial charge in [-0.1, -0.05) is 47.5 Å². The van der Waals surface area contributed by atoms with E-state index in [2.05, 4.69) is 48.5 Å². The normalized spacial score (nSPS) is 10.8. The highest BCUT2D eigenvalue weighted by atomic mass is 16.5. The zero-order valence-electron chi connectivity index (χ0n) is 12.0. The molecule has 0 aliphatic carbocycles. The number of hydrogen-bond acceptors (Lipinski definition) is 1. The fourth-order valence-corrected chi connectivity index (χ4v) is 0.828. The van der Waals surface area contributed by atoms with Crippen LogP contribution in [0.3, 0.4) is 0 Å². The van der Waals surface area contributed by atoms with Crippen LogP contribution in [0.4, 0.5) is 0 Å². The number of ether oxygens (including phenoxy) is 1. The molecule has 0 aliphatic rings. The van der Waals surface area contributed by atoms with E-state index in [1.165, 1.54) is 19.3 Å². The summed E-state index contributed by atoms with van der Waals surface area (Å²) in [5.74, 6) is 1.70. The van der Waals surface area contributed by atoms with Crippen molar-refractivity contribution in [3.05, 3.63) is 0 Å². The molecule has 0 aliphatic heterocycles. The molecule has 0 N–H and O–H groups in total. The first kappa shape index (κ1) is 17.4. The second-order valence-electron chi connectivity index (χ2n) is 5.02. The van der Waals surface area contributed by atoms with Gasteiger partial charge in [-0.2, -0.15) is 0 Å². The Balaban J connectivity index is 0. The van der Waals surface area contributed by atoms with Crippen LogP contribution in [-0.2, 0) is 4.74 Å². The molecule has 0 rings (SSSR count).